The minimum atomic E-state index is -0.0296. The average molecular weight is 389 g/mol. The minimum absolute atomic E-state index is 0.0296. The number of hydrogen-bond acceptors (Lipinski definition) is 6. The molecule has 140 valence electrons. The standard InChI is InChI=1S/C21H19N5OS/c1-12(2)18-24-20(27-25-18)13(3)28-21-23-15-9-5-4-8-14(15)19-22-16-10-6-7-11-17(16)26(19)21/h4-13H,1-3H3. The fraction of sp³-hybridized carbons (Fsp3) is 0.238. The van der Waals surface area contributed by atoms with E-state index in [1.807, 2.05) is 36.4 Å². The zero-order valence-electron chi connectivity index (χ0n) is 15.8. The second kappa shape index (κ2) is 6.60. The maximum absolute atomic E-state index is 5.49. The van der Waals surface area contributed by atoms with Crippen LogP contribution in [0.2, 0.25) is 0 Å². The van der Waals surface area contributed by atoms with Crippen LogP contribution >= 0.6 is 11.8 Å². The van der Waals surface area contributed by atoms with Crippen LogP contribution in [-0.2, 0) is 0 Å². The maximum atomic E-state index is 5.49. The van der Waals surface area contributed by atoms with E-state index >= 15 is 0 Å². The van der Waals surface area contributed by atoms with Gasteiger partial charge in [0, 0.05) is 11.3 Å². The smallest absolute Gasteiger partial charge is 0.239 e. The molecule has 2 aromatic carbocycles. The molecular weight excluding hydrogens is 370 g/mol. The number of imidazole rings is 1. The van der Waals surface area contributed by atoms with Crippen LogP contribution < -0.4 is 0 Å². The van der Waals surface area contributed by atoms with Crippen LogP contribution in [0.3, 0.4) is 0 Å². The second-order valence-corrected chi connectivity index (χ2v) is 8.38. The van der Waals surface area contributed by atoms with E-state index < -0.39 is 0 Å². The van der Waals surface area contributed by atoms with Crippen LogP contribution in [0.15, 0.2) is 58.2 Å². The highest BCUT2D eigenvalue weighted by Gasteiger charge is 2.21. The highest BCUT2D eigenvalue weighted by Crippen LogP contribution is 2.36. The Morgan fingerprint density at radius 1 is 0.893 bits per heavy atom. The molecule has 28 heavy (non-hydrogen) atoms. The van der Waals surface area contributed by atoms with Crippen molar-refractivity contribution in [2.45, 2.75) is 37.1 Å². The van der Waals surface area contributed by atoms with Gasteiger partial charge in [-0.2, -0.15) is 4.98 Å². The van der Waals surface area contributed by atoms with Crippen molar-refractivity contribution >= 4 is 39.3 Å². The Morgan fingerprint density at radius 2 is 1.64 bits per heavy atom. The van der Waals surface area contributed by atoms with Gasteiger partial charge < -0.3 is 4.52 Å². The first-order valence-corrected chi connectivity index (χ1v) is 10.2. The van der Waals surface area contributed by atoms with E-state index in [9.17, 15) is 0 Å². The van der Waals surface area contributed by atoms with Crippen LogP contribution in [0.25, 0.3) is 27.6 Å². The molecule has 1 unspecified atom stereocenters. The molecular formula is C21H19N5OS. The van der Waals surface area contributed by atoms with Crippen molar-refractivity contribution in [1.29, 1.82) is 0 Å². The van der Waals surface area contributed by atoms with Gasteiger partial charge in [-0.15, -0.1) is 0 Å². The van der Waals surface area contributed by atoms with Gasteiger partial charge in [-0.3, -0.25) is 4.40 Å². The lowest BCUT2D eigenvalue weighted by atomic mass is 10.2. The third-order valence-electron chi connectivity index (χ3n) is 4.72. The summed E-state index contributed by atoms with van der Waals surface area (Å²) in [6.07, 6.45) is 0. The van der Waals surface area contributed by atoms with Gasteiger partial charge in [-0.1, -0.05) is 55.0 Å². The Labute approximate surface area is 166 Å². The lowest BCUT2D eigenvalue weighted by molar-refractivity contribution is 0.373. The van der Waals surface area contributed by atoms with Gasteiger partial charge in [-0.25, -0.2) is 9.97 Å². The molecule has 0 bridgehead atoms. The number of para-hydroxylation sites is 3. The minimum Gasteiger partial charge on any atom is -0.338 e. The van der Waals surface area contributed by atoms with Crippen molar-refractivity contribution in [3.05, 3.63) is 60.2 Å². The highest BCUT2D eigenvalue weighted by atomic mass is 32.2. The molecule has 0 spiro atoms. The molecule has 0 fully saturated rings. The summed E-state index contributed by atoms with van der Waals surface area (Å²) >= 11 is 1.60. The lowest BCUT2D eigenvalue weighted by Gasteiger charge is -2.10. The summed E-state index contributed by atoms with van der Waals surface area (Å²) in [5.41, 5.74) is 3.83. The Hall–Kier alpha value is -2.93. The Morgan fingerprint density at radius 3 is 2.43 bits per heavy atom. The SMILES string of the molecule is CC(C)c1noc(C(C)Sc2nc3ccccc3c3nc4ccccc4n23)n1. The number of hydrogen-bond donors (Lipinski definition) is 0. The molecule has 1 atom stereocenters. The first-order valence-electron chi connectivity index (χ1n) is 9.28. The van der Waals surface area contributed by atoms with Crippen molar-refractivity contribution < 1.29 is 4.52 Å². The monoisotopic (exact) mass is 389 g/mol. The molecule has 3 aromatic heterocycles. The quantitative estimate of drug-likeness (QED) is 0.303. The average Bonchev–Trinajstić information content (AvgIpc) is 3.34. The number of aromatic nitrogens is 5. The van der Waals surface area contributed by atoms with E-state index in [1.165, 1.54) is 0 Å². The number of benzene rings is 2. The summed E-state index contributed by atoms with van der Waals surface area (Å²) in [7, 11) is 0. The molecule has 0 saturated carbocycles. The normalized spacial score (nSPS) is 13.1. The van der Waals surface area contributed by atoms with Gasteiger partial charge in [0.25, 0.3) is 0 Å². The van der Waals surface area contributed by atoms with Gasteiger partial charge in [0.2, 0.25) is 5.89 Å². The van der Waals surface area contributed by atoms with Crippen LogP contribution in [0.5, 0.6) is 0 Å². The molecule has 0 N–H and O–H groups in total. The van der Waals surface area contributed by atoms with Crippen molar-refractivity contribution in [2.24, 2.45) is 0 Å². The number of rotatable bonds is 4. The summed E-state index contributed by atoms with van der Waals surface area (Å²) < 4.78 is 7.62. The van der Waals surface area contributed by atoms with Crippen LogP contribution in [0.1, 0.15) is 43.7 Å². The summed E-state index contributed by atoms with van der Waals surface area (Å²) in [5.74, 6) is 1.58. The van der Waals surface area contributed by atoms with Gasteiger partial charge >= 0.3 is 0 Å². The third-order valence-corrected chi connectivity index (χ3v) is 5.76. The van der Waals surface area contributed by atoms with Crippen LogP contribution in [-0.4, -0.2) is 24.5 Å². The zero-order valence-corrected chi connectivity index (χ0v) is 16.6. The number of fused-ring (bicyclic) bond motifs is 5. The summed E-state index contributed by atoms with van der Waals surface area (Å²) in [4.78, 5) is 14.3. The largest absolute Gasteiger partial charge is 0.338 e. The van der Waals surface area contributed by atoms with E-state index in [-0.39, 0.29) is 11.2 Å². The molecule has 0 amide bonds. The molecule has 0 aliphatic carbocycles. The summed E-state index contributed by atoms with van der Waals surface area (Å²) in [6.45, 7) is 6.17. The maximum Gasteiger partial charge on any atom is 0.239 e. The van der Waals surface area contributed by atoms with Gasteiger partial charge in [0.05, 0.1) is 21.8 Å². The third kappa shape index (κ3) is 2.74. The zero-order chi connectivity index (χ0) is 19.3. The van der Waals surface area contributed by atoms with Crippen molar-refractivity contribution in [2.75, 3.05) is 0 Å². The van der Waals surface area contributed by atoms with Crippen molar-refractivity contribution in [1.82, 2.24) is 24.5 Å². The molecule has 5 rings (SSSR count). The Bertz CT molecular complexity index is 1310. The van der Waals surface area contributed by atoms with Crippen LogP contribution in [0, 0.1) is 0 Å². The van der Waals surface area contributed by atoms with Crippen LogP contribution in [0.4, 0.5) is 0 Å². The predicted octanol–water partition coefficient (Wildman–Crippen LogP) is 5.40. The molecule has 0 saturated heterocycles. The summed E-state index contributed by atoms with van der Waals surface area (Å²) in [6, 6.07) is 16.2. The number of thioether (sulfide) groups is 1. The lowest BCUT2D eigenvalue weighted by Crippen LogP contribution is -1.99. The van der Waals surface area contributed by atoms with E-state index in [4.69, 9.17) is 14.5 Å². The first kappa shape index (κ1) is 17.2. The van der Waals surface area contributed by atoms with E-state index in [1.54, 1.807) is 11.8 Å². The van der Waals surface area contributed by atoms with Crippen molar-refractivity contribution in [3.8, 4) is 0 Å². The van der Waals surface area contributed by atoms with Gasteiger partial charge in [0.1, 0.15) is 5.65 Å². The second-order valence-electron chi connectivity index (χ2n) is 7.08. The molecule has 3 heterocycles. The van der Waals surface area contributed by atoms with Gasteiger partial charge in [-0.05, 0) is 31.2 Å². The summed E-state index contributed by atoms with van der Waals surface area (Å²) in [5, 5.41) is 5.96. The van der Waals surface area contributed by atoms with Gasteiger partial charge in [0.15, 0.2) is 11.0 Å². The molecule has 0 radical (unpaired) electrons. The molecule has 5 aromatic rings. The predicted molar refractivity (Wildman–Crippen MR) is 111 cm³/mol. The van der Waals surface area contributed by atoms with E-state index in [0.717, 1.165) is 38.6 Å². The molecule has 0 aliphatic rings. The molecule has 7 heteroatoms. The highest BCUT2D eigenvalue weighted by molar-refractivity contribution is 7.99. The number of nitrogens with zero attached hydrogens (tertiary/aromatic N) is 5. The first-order chi connectivity index (χ1) is 13.6. The molecule has 6 nitrogen and oxygen atoms in total. The fourth-order valence-electron chi connectivity index (χ4n) is 3.25. The van der Waals surface area contributed by atoms with E-state index in [0.29, 0.717) is 5.89 Å². The van der Waals surface area contributed by atoms with E-state index in [2.05, 4.69) is 47.4 Å². The van der Waals surface area contributed by atoms with Crippen molar-refractivity contribution in [3.63, 3.8) is 0 Å². The molecule has 0 aliphatic heterocycles. The fourth-order valence-corrected chi connectivity index (χ4v) is 4.20. The Kier molecular flexibility index (Phi) is 4.05. The Balaban J connectivity index is 1.68. The topological polar surface area (TPSA) is 69.1 Å².